The van der Waals surface area contributed by atoms with E-state index in [1.807, 2.05) is 18.4 Å². The monoisotopic (exact) mass is 368 g/mol. The zero-order chi connectivity index (χ0) is 19.0. The normalized spacial score (nSPS) is 12.5. The van der Waals surface area contributed by atoms with Gasteiger partial charge in [-0.1, -0.05) is 6.42 Å². The fourth-order valence-electron chi connectivity index (χ4n) is 2.36. The van der Waals surface area contributed by atoms with Gasteiger partial charge in [-0.15, -0.1) is 11.3 Å². The number of hydrogen-bond donors (Lipinski definition) is 0. The Labute approximate surface area is 153 Å². The molecule has 1 heterocycles. The molecule has 0 fully saturated rings. The number of thiophene rings is 1. The van der Waals surface area contributed by atoms with E-state index in [1.165, 1.54) is 11.3 Å². The van der Waals surface area contributed by atoms with Crippen LogP contribution in [0.5, 0.6) is 0 Å². The Morgan fingerprint density at radius 3 is 2.40 bits per heavy atom. The second-order valence-electron chi connectivity index (χ2n) is 6.93. The molecular formula is C19H28O5S. The van der Waals surface area contributed by atoms with Crippen LogP contribution < -0.4 is 0 Å². The molecule has 140 valence electrons. The number of carbonyl (C=O) groups is 3. The minimum atomic E-state index is -0.834. The van der Waals surface area contributed by atoms with E-state index < -0.39 is 17.5 Å². The Hall–Kier alpha value is -1.69. The van der Waals surface area contributed by atoms with Crippen LogP contribution in [-0.2, 0) is 19.1 Å². The second-order valence-corrected chi connectivity index (χ2v) is 7.85. The lowest BCUT2D eigenvalue weighted by molar-refractivity contribution is -0.158. The van der Waals surface area contributed by atoms with Gasteiger partial charge in [-0.25, -0.2) is 0 Å². The fraction of sp³-hybridized carbons (Fsp3) is 0.632. The molecule has 1 aromatic rings. The van der Waals surface area contributed by atoms with Crippen LogP contribution in [0.2, 0.25) is 0 Å². The summed E-state index contributed by atoms with van der Waals surface area (Å²) in [5.41, 5.74) is 0.223. The predicted octanol–water partition coefficient (Wildman–Crippen LogP) is 4.32. The van der Waals surface area contributed by atoms with Crippen LogP contribution in [-0.4, -0.2) is 29.9 Å². The van der Waals surface area contributed by atoms with E-state index in [2.05, 4.69) is 0 Å². The summed E-state index contributed by atoms with van der Waals surface area (Å²) in [6, 6.07) is 1.87. The third-order valence-corrected chi connectivity index (χ3v) is 4.55. The van der Waals surface area contributed by atoms with Gasteiger partial charge in [0, 0.05) is 6.42 Å². The molecule has 6 heteroatoms. The summed E-state index contributed by atoms with van der Waals surface area (Å²) < 4.78 is 10.3. The molecule has 1 unspecified atom stereocenters. The molecular weight excluding hydrogens is 340 g/mol. The Balaban J connectivity index is 2.75. The lowest BCUT2D eigenvalue weighted by Gasteiger charge is -2.23. The number of aryl methyl sites for hydroxylation is 1. The molecule has 0 aromatic carbocycles. The minimum absolute atomic E-state index is 0.196. The van der Waals surface area contributed by atoms with E-state index in [9.17, 15) is 14.4 Å². The number of hydrogen-bond acceptors (Lipinski definition) is 6. The summed E-state index contributed by atoms with van der Waals surface area (Å²) in [4.78, 5) is 37.3. The lowest BCUT2D eigenvalue weighted by atomic mass is 9.94. The van der Waals surface area contributed by atoms with Gasteiger partial charge < -0.3 is 9.47 Å². The van der Waals surface area contributed by atoms with Gasteiger partial charge in [-0.2, -0.15) is 0 Å². The molecule has 25 heavy (non-hydrogen) atoms. The van der Waals surface area contributed by atoms with Crippen molar-refractivity contribution < 1.29 is 23.9 Å². The van der Waals surface area contributed by atoms with Gasteiger partial charge in [-0.05, 0) is 64.5 Å². The topological polar surface area (TPSA) is 69.7 Å². The number of unbranched alkanes of at least 4 members (excludes halogenated alkanes) is 1. The number of ether oxygens (including phenoxy) is 2. The molecule has 1 aromatic heterocycles. The molecule has 1 rings (SSSR count). The van der Waals surface area contributed by atoms with E-state index >= 15 is 0 Å². The number of carbonyl (C=O) groups excluding carboxylic acids is 3. The quantitative estimate of drug-likeness (QED) is 0.281. The molecule has 0 saturated carbocycles. The first-order chi connectivity index (χ1) is 11.7. The van der Waals surface area contributed by atoms with Gasteiger partial charge in [0.1, 0.15) is 11.5 Å². The highest BCUT2D eigenvalue weighted by molar-refractivity contribution is 7.12. The van der Waals surface area contributed by atoms with Crippen LogP contribution in [0.25, 0.3) is 0 Å². The number of ketones is 1. The van der Waals surface area contributed by atoms with Crippen molar-refractivity contribution in [3.8, 4) is 0 Å². The molecule has 5 nitrogen and oxygen atoms in total. The van der Waals surface area contributed by atoms with Crippen molar-refractivity contribution in [3.63, 3.8) is 0 Å². The summed E-state index contributed by atoms with van der Waals surface area (Å²) in [5.74, 6) is -1.78. The highest BCUT2D eigenvalue weighted by Gasteiger charge is 2.32. The molecule has 0 aliphatic rings. The Morgan fingerprint density at radius 2 is 1.88 bits per heavy atom. The van der Waals surface area contributed by atoms with Gasteiger partial charge in [0.05, 0.1) is 11.5 Å². The number of Topliss-reactive ketones (excluding diaryl/α,β-unsaturated/α-hetero) is 1. The van der Waals surface area contributed by atoms with Crippen molar-refractivity contribution in [3.05, 3.63) is 21.9 Å². The molecule has 0 bridgehead atoms. The Bertz CT molecular complexity index is 597. The zero-order valence-corrected chi connectivity index (χ0v) is 16.5. The molecule has 0 saturated heterocycles. The second kappa shape index (κ2) is 9.70. The molecule has 0 spiro atoms. The largest absolute Gasteiger partial charge is 0.466 e. The van der Waals surface area contributed by atoms with Crippen molar-refractivity contribution in [2.24, 2.45) is 5.92 Å². The molecule has 0 radical (unpaired) electrons. The molecule has 0 amide bonds. The van der Waals surface area contributed by atoms with Gasteiger partial charge in [0.15, 0.2) is 5.78 Å². The molecule has 1 atom stereocenters. The standard InChI is InChI=1S/C19H28O5S/c1-6-23-15(20)10-8-7-9-14(18(22)24-19(3,4)5)16(21)17-13(2)11-12-25-17/h11-12,14H,6-10H2,1-5H3. The van der Waals surface area contributed by atoms with E-state index in [0.29, 0.717) is 37.2 Å². The van der Waals surface area contributed by atoms with Crippen LogP contribution in [0.15, 0.2) is 11.4 Å². The highest BCUT2D eigenvalue weighted by atomic mass is 32.1. The first-order valence-corrected chi connectivity index (χ1v) is 9.50. The number of esters is 2. The van der Waals surface area contributed by atoms with Gasteiger partial charge in [0.2, 0.25) is 0 Å². The summed E-state index contributed by atoms with van der Waals surface area (Å²) in [6.07, 6.45) is 1.82. The maximum Gasteiger partial charge on any atom is 0.317 e. The van der Waals surface area contributed by atoms with Crippen LogP contribution in [0.3, 0.4) is 0 Å². The average Bonchev–Trinajstić information content (AvgIpc) is 2.91. The predicted molar refractivity (Wildman–Crippen MR) is 97.8 cm³/mol. The summed E-state index contributed by atoms with van der Waals surface area (Å²) in [5, 5.41) is 1.84. The Kier molecular flexibility index (Phi) is 8.29. The maximum atomic E-state index is 12.8. The van der Waals surface area contributed by atoms with E-state index in [1.54, 1.807) is 27.7 Å². The third kappa shape index (κ3) is 7.38. The zero-order valence-electron chi connectivity index (χ0n) is 15.7. The van der Waals surface area contributed by atoms with E-state index in [-0.39, 0.29) is 11.8 Å². The molecule has 0 aliphatic heterocycles. The SMILES string of the molecule is CCOC(=O)CCCCC(C(=O)OC(C)(C)C)C(=O)c1sccc1C. The van der Waals surface area contributed by atoms with E-state index in [4.69, 9.17) is 9.47 Å². The third-order valence-electron chi connectivity index (χ3n) is 3.52. The Morgan fingerprint density at radius 1 is 1.20 bits per heavy atom. The van der Waals surface area contributed by atoms with Gasteiger partial charge >= 0.3 is 11.9 Å². The molecule has 0 aliphatic carbocycles. The highest BCUT2D eigenvalue weighted by Crippen LogP contribution is 2.25. The average molecular weight is 368 g/mol. The van der Waals surface area contributed by atoms with Crippen LogP contribution >= 0.6 is 11.3 Å². The first-order valence-electron chi connectivity index (χ1n) is 8.62. The van der Waals surface area contributed by atoms with Crippen molar-refractivity contribution >= 4 is 29.1 Å². The van der Waals surface area contributed by atoms with Crippen LogP contribution in [0.1, 0.15) is 68.6 Å². The molecule has 0 N–H and O–H groups in total. The van der Waals surface area contributed by atoms with Crippen LogP contribution in [0.4, 0.5) is 0 Å². The summed E-state index contributed by atoms with van der Waals surface area (Å²) >= 11 is 1.34. The fourth-order valence-corrected chi connectivity index (χ4v) is 3.28. The first kappa shape index (κ1) is 21.4. The summed E-state index contributed by atoms with van der Waals surface area (Å²) in [6.45, 7) is 9.32. The van der Waals surface area contributed by atoms with Gasteiger partial charge in [-0.3, -0.25) is 14.4 Å². The van der Waals surface area contributed by atoms with E-state index in [0.717, 1.165) is 5.56 Å². The van der Waals surface area contributed by atoms with Crippen LogP contribution in [0, 0.1) is 12.8 Å². The van der Waals surface area contributed by atoms with Gasteiger partial charge in [0.25, 0.3) is 0 Å². The number of rotatable bonds is 9. The summed E-state index contributed by atoms with van der Waals surface area (Å²) in [7, 11) is 0. The van der Waals surface area contributed by atoms with Crippen molar-refractivity contribution in [2.45, 2.75) is 65.9 Å². The van der Waals surface area contributed by atoms with Crippen molar-refractivity contribution in [2.75, 3.05) is 6.61 Å². The maximum absolute atomic E-state index is 12.8. The smallest absolute Gasteiger partial charge is 0.317 e. The minimum Gasteiger partial charge on any atom is -0.466 e. The lowest BCUT2D eigenvalue weighted by Crippen LogP contribution is -2.33. The van der Waals surface area contributed by atoms with Crippen molar-refractivity contribution in [1.29, 1.82) is 0 Å². The van der Waals surface area contributed by atoms with Crippen molar-refractivity contribution in [1.82, 2.24) is 0 Å².